The van der Waals surface area contributed by atoms with Gasteiger partial charge in [-0.25, -0.2) is 8.78 Å². The van der Waals surface area contributed by atoms with Gasteiger partial charge >= 0.3 is 0 Å². The van der Waals surface area contributed by atoms with Crippen LogP contribution in [0.2, 0.25) is 0 Å². The second kappa shape index (κ2) is 7.41. The number of hydrogen-bond donors (Lipinski definition) is 2. The molecule has 0 amide bonds. The molecule has 2 unspecified atom stereocenters. The zero-order valence-corrected chi connectivity index (χ0v) is 10.7. The third-order valence-electron chi connectivity index (χ3n) is 2.89. The van der Waals surface area contributed by atoms with Crippen molar-refractivity contribution in [3.8, 4) is 0 Å². The molecule has 0 aliphatic heterocycles. The summed E-state index contributed by atoms with van der Waals surface area (Å²) in [5.41, 5.74) is 2.92. The fourth-order valence-corrected chi connectivity index (χ4v) is 1.97. The van der Waals surface area contributed by atoms with Gasteiger partial charge in [-0.15, -0.1) is 0 Å². The highest BCUT2D eigenvalue weighted by atomic mass is 19.1. The molecule has 0 aliphatic rings. The fourth-order valence-electron chi connectivity index (χ4n) is 1.97. The molecule has 0 saturated carbocycles. The molecule has 0 fully saturated rings. The summed E-state index contributed by atoms with van der Waals surface area (Å²) in [6.07, 6.45) is 0.917. The SMILES string of the molecule is CCOC(CC)C(Cc1cc(F)ccc1F)NN. The van der Waals surface area contributed by atoms with Crippen LogP contribution in [0.15, 0.2) is 18.2 Å². The van der Waals surface area contributed by atoms with Gasteiger partial charge in [0.15, 0.2) is 0 Å². The molecule has 2 atom stereocenters. The van der Waals surface area contributed by atoms with Gasteiger partial charge in [-0.2, -0.15) is 0 Å². The molecular formula is C13H20F2N2O. The minimum atomic E-state index is -0.452. The molecule has 1 aromatic carbocycles. The Morgan fingerprint density at radius 3 is 2.61 bits per heavy atom. The van der Waals surface area contributed by atoms with Crippen LogP contribution in [-0.2, 0) is 11.2 Å². The van der Waals surface area contributed by atoms with Gasteiger partial charge in [-0.1, -0.05) is 6.92 Å². The minimum Gasteiger partial charge on any atom is -0.377 e. The maximum Gasteiger partial charge on any atom is 0.126 e. The topological polar surface area (TPSA) is 47.3 Å². The molecule has 0 saturated heterocycles. The van der Waals surface area contributed by atoms with Gasteiger partial charge in [-0.05, 0) is 43.5 Å². The summed E-state index contributed by atoms with van der Waals surface area (Å²) >= 11 is 0. The number of nitrogens with one attached hydrogen (secondary N) is 1. The van der Waals surface area contributed by atoms with Crippen LogP contribution in [0.4, 0.5) is 8.78 Å². The third kappa shape index (κ3) is 4.01. The highest BCUT2D eigenvalue weighted by Crippen LogP contribution is 2.15. The number of benzene rings is 1. The first-order valence-electron chi connectivity index (χ1n) is 6.14. The van der Waals surface area contributed by atoms with E-state index >= 15 is 0 Å². The first kappa shape index (κ1) is 15.0. The van der Waals surface area contributed by atoms with Crippen LogP contribution in [-0.4, -0.2) is 18.8 Å². The average molecular weight is 258 g/mol. The van der Waals surface area contributed by atoms with Crippen molar-refractivity contribution < 1.29 is 13.5 Å². The van der Waals surface area contributed by atoms with Gasteiger partial charge in [-0.3, -0.25) is 11.3 Å². The third-order valence-corrected chi connectivity index (χ3v) is 2.89. The largest absolute Gasteiger partial charge is 0.377 e. The summed E-state index contributed by atoms with van der Waals surface area (Å²) in [5, 5.41) is 0. The van der Waals surface area contributed by atoms with Gasteiger partial charge < -0.3 is 4.74 Å². The number of rotatable bonds is 7. The van der Waals surface area contributed by atoms with Gasteiger partial charge in [0.2, 0.25) is 0 Å². The first-order chi connectivity index (χ1) is 8.62. The molecule has 3 N–H and O–H groups in total. The quantitative estimate of drug-likeness (QED) is 0.582. The Morgan fingerprint density at radius 2 is 2.06 bits per heavy atom. The van der Waals surface area contributed by atoms with E-state index in [0.717, 1.165) is 18.6 Å². The van der Waals surface area contributed by atoms with E-state index in [1.54, 1.807) is 0 Å². The lowest BCUT2D eigenvalue weighted by molar-refractivity contribution is 0.0317. The van der Waals surface area contributed by atoms with Crippen LogP contribution in [0.1, 0.15) is 25.8 Å². The Kier molecular flexibility index (Phi) is 6.18. The standard InChI is InChI=1S/C13H20F2N2O/c1-3-13(18-4-2)12(17-16)8-9-7-10(14)5-6-11(9)15/h5-7,12-13,17H,3-4,8,16H2,1-2H3. The van der Waals surface area contributed by atoms with Gasteiger partial charge in [0, 0.05) is 6.61 Å². The maximum atomic E-state index is 13.5. The monoisotopic (exact) mass is 258 g/mol. The average Bonchev–Trinajstić information content (AvgIpc) is 2.37. The van der Waals surface area contributed by atoms with E-state index in [4.69, 9.17) is 10.6 Å². The lowest BCUT2D eigenvalue weighted by Crippen LogP contribution is -2.46. The molecule has 0 radical (unpaired) electrons. The van der Waals surface area contributed by atoms with E-state index in [0.29, 0.717) is 18.6 Å². The highest BCUT2D eigenvalue weighted by molar-refractivity contribution is 5.20. The molecule has 0 aromatic heterocycles. The molecule has 1 rings (SSSR count). The van der Waals surface area contributed by atoms with Gasteiger partial charge in [0.1, 0.15) is 11.6 Å². The van der Waals surface area contributed by atoms with Crippen LogP contribution >= 0.6 is 0 Å². The molecule has 5 heteroatoms. The van der Waals surface area contributed by atoms with Crippen LogP contribution in [0.5, 0.6) is 0 Å². The van der Waals surface area contributed by atoms with Crippen LogP contribution in [0, 0.1) is 11.6 Å². The predicted molar refractivity (Wildman–Crippen MR) is 66.9 cm³/mol. The number of hydrogen-bond acceptors (Lipinski definition) is 3. The summed E-state index contributed by atoms with van der Waals surface area (Å²) in [7, 11) is 0. The predicted octanol–water partition coefficient (Wildman–Crippen LogP) is 2.15. The van der Waals surface area contributed by atoms with E-state index in [2.05, 4.69) is 5.43 Å². The molecule has 102 valence electrons. The Hall–Kier alpha value is -1.04. The molecular weight excluding hydrogens is 238 g/mol. The Balaban J connectivity index is 2.81. The maximum absolute atomic E-state index is 13.5. The number of ether oxygens (including phenoxy) is 1. The molecule has 0 heterocycles. The second-order valence-corrected chi connectivity index (χ2v) is 4.12. The van der Waals surface area contributed by atoms with E-state index in [1.807, 2.05) is 13.8 Å². The van der Waals surface area contributed by atoms with Crippen molar-refractivity contribution >= 4 is 0 Å². The van der Waals surface area contributed by atoms with Crippen molar-refractivity contribution in [2.75, 3.05) is 6.61 Å². The van der Waals surface area contributed by atoms with E-state index < -0.39 is 11.6 Å². The van der Waals surface area contributed by atoms with Crippen molar-refractivity contribution in [1.29, 1.82) is 0 Å². The molecule has 1 aromatic rings. The zero-order valence-electron chi connectivity index (χ0n) is 10.7. The Labute approximate surface area is 106 Å². The van der Waals surface area contributed by atoms with Crippen molar-refractivity contribution in [2.45, 2.75) is 38.8 Å². The zero-order chi connectivity index (χ0) is 13.5. The van der Waals surface area contributed by atoms with Crippen molar-refractivity contribution in [3.63, 3.8) is 0 Å². The minimum absolute atomic E-state index is 0.123. The molecule has 0 spiro atoms. The lowest BCUT2D eigenvalue weighted by atomic mass is 9.99. The Bertz CT molecular complexity index is 374. The number of hydrazine groups is 1. The van der Waals surface area contributed by atoms with E-state index in [1.165, 1.54) is 6.07 Å². The summed E-state index contributed by atoms with van der Waals surface area (Å²) in [6.45, 7) is 4.41. The molecule has 18 heavy (non-hydrogen) atoms. The highest BCUT2D eigenvalue weighted by Gasteiger charge is 2.21. The Morgan fingerprint density at radius 1 is 1.33 bits per heavy atom. The summed E-state index contributed by atoms with van der Waals surface area (Å²) < 4.78 is 32.2. The normalized spacial score (nSPS) is 14.5. The lowest BCUT2D eigenvalue weighted by Gasteiger charge is -2.25. The smallest absolute Gasteiger partial charge is 0.126 e. The van der Waals surface area contributed by atoms with Crippen molar-refractivity contribution in [1.82, 2.24) is 5.43 Å². The summed E-state index contributed by atoms with van der Waals surface area (Å²) in [6, 6.07) is 3.17. The van der Waals surface area contributed by atoms with Crippen LogP contribution < -0.4 is 11.3 Å². The first-order valence-corrected chi connectivity index (χ1v) is 6.14. The van der Waals surface area contributed by atoms with Crippen LogP contribution in [0.25, 0.3) is 0 Å². The summed E-state index contributed by atoms with van der Waals surface area (Å²) in [5.74, 6) is 4.59. The van der Waals surface area contributed by atoms with Crippen molar-refractivity contribution in [2.24, 2.45) is 5.84 Å². The second-order valence-electron chi connectivity index (χ2n) is 4.12. The van der Waals surface area contributed by atoms with E-state index in [-0.39, 0.29) is 12.1 Å². The van der Waals surface area contributed by atoms with Gasteiger partial charge in [0.05, 0.1) is 12.1 Å². The van der Waals surface area contributed by atoms with E-state index in [9.17, 15) is 8.78 Å². The number of halogens is 2. The molecule has 0 aliphatic carbocycles. The summed E-state index contributed by atoms with van der Waals surface area (Å²) in [4.78, 5) is 0. The number of nitrogens with two attached hydrogens (primary N) is 1. The van der Waals surface area contributed by atoms with Gasteiger partial charge in [0.25, 0.3) is 0 Å². The van der Waals surface area contributed by atoms with Crippen LogP contribution in [0.3, 0.4) is 0 Å². The fraction of sp³-hybridized carbons (Fsp3) is 0.538. The van der Waals surface area contributed by atoms with Crippen molar-refractivity contribution in [3.05, 3.63) is 35.4 Å². The molecule has 0 bridgehead atoms. The molecule has 3 nitrogen and oxygen atoms in total.